The third-order valence-corrected chi connectivity index (χ3v) is 5.26. The van der Waals surface area contributed by atoms with Crippen LogP contribution in [0, 0.1) is 5.92 Å². The molecule has 98 valence electrons. The Morgan fingerprint density at radius 3 is 2.65 bits per heavy atom. The molecule has 1 aliphatic carbocycles. The molecule has 2 nitrogen and oxygen atoms in total. The summed E-state index contributed by atoms with van der Waals surface area (Å²) in [5.41, 5.74) is 1.50. The van der Waals surface area contributed by atoms with Gasteiger partial charge in [-0.3, -0.25) is 4.21 Å². The molecule has 1 aliphatic heterocycles. The fraction of sp³-hybridized carbons (Fsp3) is 0.857. The number of hydrogen-bond donors (Lipinski definition) is 0. The third-order valence-electron chi connectivity index (χ3n) is 3.88. The Morgan fingerprint density at radius 1 is 1.24 bits per heavy atom. The zero-order valence-corrected chi connectivity index (χ0v) is 11.5. The van der Waals surface area contributed by atoms with Crippen molar-refractivity contribution in [3.05, 3.63) is 11.8 Å². The van der Waals surface area contributed by atoms with Crippen molar-refractivity contribution in [2.75, 3.05) is 18.1 Å². The highest BCUT2D eigenvalue weighted by atomic mass is 32.2. The summed E-state index contributed by atoms with van der Waals surface area (Å²) in [5, 5.41) is 0. The minimum atomic E-state index is -0.512. The van der Waals surface area contributed by atoms with Crippen LogP contribution < -0.4 is 0 Å². The molecule has 1 saturated carbocycles. The van der Waals surface area contributed by atoms with Gasteiger partial charge >= 0.3 is 0 Å². The number of ether oxygens (including phenoxy) is 1. The minimum absolute atomic E-state index is 0.512. The van der Waals surface area contributed by atoms with Gasteiger partial charge < -0.3 is 4.74 Å². The van der Waals surface area contributed by atoms with Gasteiger partial charge in [0.15, 0.2) is 0 Å². The first kappa shape index (κ1) is 13.1. The molecule has 2 rings (SSSR count). The molecule has 0 bridgehead atoms. The molecule has 1 heterocycles. The topological polar surface area (TPSA) is 26.3 Å². The predicted molar refractivity (Wildman–Crippen MR) is 72.3 cm³/mol. The summed E-state index contributed by atoms with van der Waals surface area (Å²) < 4.78 is 16.8. The minimum Gasteiger partial charge on any atom is -0.501 e. The molecule has 17 heavy (non-hydrogen) atoms. The lowest BCUT2D eigenvalue weighted by atomic mass is 9.97. The van der Waals surface area contributed by atoms with E-state index in [0.717, 1.165) is 43.3 Å². The summed E-state index contributed by atoms with van der Waals surface area (Å²) in [6, 6.07) is 0. The molecule has 0 atom stereocenters. The van der Waals surface area contributed by atoms with Crippen LogP contribution in [-0.4, -0.2) is 22.3 Å². The highest BCUT2D eigenvalue weighted by molar-refractivity contribution is 7.85. The van der Waals surface area contributed by atoms with E-state index in [1.807, 2.05) is 6.26 Å². The van der Waals surface area contributed by atoms with Gasteiger partial charge in [-0.15, -0.1) is 0 Å². The average molecular weight is 256 g/mol. The van der Waals surface area contributed by atoms with Gasteiger partial charge in [-0.1, -0.05) is 0 Å². The van der Waals surface area contributed by atoms with E-state index >= 15 is 0 Å². The normalized spacial score (nSPS) is 29.3. The molecule has 0 spiro atoms. The molecule has 0 amide bonds. The zero-order chi connectivity index (χ0) is 11.9. The fourth-order valence-corrected chi connectivity index (χ4v) is 4.11. The highest BCUT2D eigenvalue weighted by Crippen LogP contribution is 2.24. The molecule has 0 aromatic rings. The largest absolute Gasteiger partial charge is 0.501 e. The highest BCUT2D eigenvalue weighted by Gasteiger charge is 2.17. The Kier molecular flexibility index (Phi) is 5.56. The van der Waals surface area contributed by atoms with Crippen LogP contribution in [0.4, 0.5) is 0 Å². The maximum Gasteiger partial charge on any atom is 0.0873 e. The van der Waals surface area contributed by atoms with Gasteiger partial charge in [-0.25, -0.2) is 0 Å². The van der Waals surface area contributed by atoms with Gasteiger partial charge in [-0.05, 0) is 62.9 Å². The van der Waals surface area contributed by atoms with Crippen molar-refractivity contribution >= 4 is 10.8 Å². The lowest BCUT2D eigenvalue weighted by molar-refractivity contribution is 0.228. The van der Waals surface area contributed by atoms with Gasteiger partial charge in [-0.2, -0.15) is 0 Å². The van der Waals surface area contributed by atoms with Crippen molar-refractivity contribution < 1.29 is 8.95 Å². The molecule has 2 aliphatic rings. The number of rotatable bonds is 5. The molecule has 3 heteroatoms. The standard InChI is InChI=1S/C14H24O2S/c15-17-10-7-13(8-11-17)6-3-9-16-12-14-4-1-2-5-14/h12-13H,1-11H2. The summed E-state index contributed by atoms with van der Waals surface area (Å²) in [6.07, 6.45) is 11.9. The van der Waals surface area contributed by atoms with E-state index in [1.165, 1.54) is 37.7 Å². The fourth-order valence-electron chi connectivity index (χ4n) is 2.71. The lowest BCUT2D eigenvalue weighted by Gasteiger charge is -2.20. The Hall–Kier alpha value is -0.310. The molecule has 0 aromatic carbocycles. The molecular weight excluding hydrogens is 232 g/mol. The van der Waals surface area contributed by atoms with Crippen LogP contribution in [0.1, 0.15) is 51.4 Å². The Bertz CT molecular complexity index is 268. The van der Waals surface area contributed by atoms with Crippen molar-refractivity contribution in [2.45, 2.75) is 51.4 Å². The Labute approximate surface area is 107 Å². The van der Waals surface area contributed by atoms with Crippen LogP contribution in [-0.2, 0) is 15.5 Å². The zero-order valence-electron chi connectivity index (χ0n) is 10.7. The van der Waals surface area contributed by atoms with Gasteiger partial charge in [0.05, 0.1) is 12.9 Å². The van der Waals surface area contributed by atoms with Gasteiger partial charge in [0, 0.05) is 22.3 Å². The first-order valence-corrected chi connectivity index (χ1v) is 8.48. The van der Waals surface area contributed by atoms with Crippen molar-refractivity contribution in [1.82, 2.24) is 0 Å². The second-order valence-corrected chi connectivity index (χ2v) is 6.98. The van der Waals surface area contributed by atoms with E-state index in [1.54, 1.807) is 0 Å². The summed E-state index contributed by atoms with van der Waals surface area (Å²) in [7, 11) is -0.512. The van der Waals surface area contributed by atoms with E-state index in [-0.39, 0.29) is 0 Å². The average Bonchev–Trinajstić information content (AvgIpc) is 2.84. The smallest absolute Gasteiger partial charge is 0.0873 e. The van der Waals surface area contributed by atoms with E-state index in [9.17, 15) is 4.21 Å². The van der Waals surface area contributed by atoms with Crippen molar-refractivity contribution in [3.63, 3.8) is 0 Å². The van der Waals surface area contributed by atoms with Crippen molar-refractivity contribution in [3.8, 4) is 0 Å². The molecule has 0 radical (unpaired) electrons. The van der Waals surface area contributed by atoms with Gasteiger partial charge in [0.2, 0.25) is 0 Å². The molecule has 0 aromatic heterocycles. The number of allylic oxidation sites excluding steroid dienone is 1. The van der Waals surface area contributed by atoms with Crippen molar-refractivity contribution in [2.24, 2.45) is 5.92 Å². The van der Waals surface area contributed by atoms with E-state index in [0.29, 0.717) is 0 Å². The van der Waals surface area contributed by atoms with E-state index in [4.69, 9.17) is 4.74 Å². The van der Waals surface area contributed by atoms with Crippen LogP contribution in [0.15, 0.2) is 11.8 Å². The van der Waals surface area contributed by atoms with E-state index < -0.39 is 10.8 Å². The lowest BCUT2D eigenvalue weighted by Crippen LogP contribution is -2.18. The third kappa shape index (κ3) is 4.82. The summed E-state index contributed by atoms with van der Waals surface area (Å²) in [4.78, 5) is 0. The molecule has 1 saturated heterocycles. The SMILES string of the molecule is O=S1CCC(CCCOC=C2CCCC2)CC1. The molecular formula is C14H24O2S. The monoisotopic (exact) mass is 256 g/mol. The van der Waals surface area contributed by atoms with Crippen LogP contribution in [0.2, 0.25) is 0 Å². The Morgan fingerprint density at radius 2 is 1.94 bits per heavy atom. The first-order chi connectivity index (χ1) is 8.34. The molecule has 2 fully saturated rings. The van der Waals surface area contributed by atoms with E-state index in [2.05, 4.69) is 0 Å². The number of hydrogen-bond acceptors (Lipinski definition) is 2. The Balaban J connectivity index is 1.51. The molecule has 0 unspecified atom stereocenters. The second kappa shape index (κ2) is 7.20. The second-order valence-electron chi connectivity index (χ2n) is 5.29. The van der Waals surface area contributed by atoms with Gasteiger partial charge in [0.25, 0.3) is 0 Å². The summed E-state index contributed by atoms with van der Waals surface area (Å²) in [6.45, 7) is 0.864. The quantitative estimate of drug-likeness (QED) is 0.556. The maximum absolute atomic E-state index is 11.2. The predicted octanol–water partition coefficient (Wildman–Crippen LogP) is 3.40. The maximum atomic E-state index is 11.2. The van der Waals surface area contributed by atoms with Crippen LogP contribution in [0.5, 0.6) is 0 Å². The van der Waals surface area contributed by atoms with Crippen LogP contribution in [0.25, 0.3) is 0 Å². The van der Waals surface area contributed by atoms with Crippen molar-refractivity contribution in [1.29, 1.82) is 0 Å². The van der Waals surface area contributed by atoms with Crippen LogP contribution >= 0.6 is 0 Å². The van der Waals surface area contributed by atoms with Crippen LogP contribution in [0.3, 0.4) is 0 Å². The van der Waals surface area contributed by atoms with Gasteiger partial charge in [0.1, 0.15) is 0 Å². The molecule has 0 N–H and O–H groups in total. The summed E-state index contributed by atoms with van der Waals surface area (Å²) >= 11 is 0. The summed E-state index contributed by atoms with van der Waals surface area (Å²) in [5.74, 6) is 2.65. The first-order valence-electron chi connectivity index (χ1n) is 6.99.